The first kappa shape index (κ1) is 17.8. The molecule has 0 aliphatic heterocycles. The van der Waals surface area contributed by atoms with Crippen LogP contribution in [-0.2, 0) is 7.05 Å². The topological polar surface area (TPSA) is 99.2 Å². The molecule has 0 unspecified atom stereocenters. The van der Waals surface area contributed by atoms with Gasteiger partial charge in [-0.3, -0.25) is 14.8 Å². The van der Waals surface area contributed by atoms with Crippen molar-refractivity contribution in [2.75, 3.05) is 12.4 Å². The van der Waals surface area contributed by atoms with Crippen LogP contribution >= 0.6 is 0 Å². The van der Waals surface area contributed by atoms with Gasteiger partial charge in [0.2, 0.25) is 5.95 Å². The molecule has 0 saturated heterocycles. The van der Waals surface area contributed by atoms with Crippen molar-refractivity contribution in [3.8, 4) is 17.1 Å². The summed E-state index contributed by atoms with van der Waals surface area (Å²) < 4.78 is 8.40. The van der Waals surface area contributed by atoms with Crippen molar-refractivity contribution in [3.05, 3.63) is 66.4 Å². The smallest absolute Gasteiger partial charge is 0.258 e. The van der Waals surface area contributed by atoms with Gasteiger partial charge in [0.05, 0.1) is 12.5 Å². The van der Waals surface area contributed by atoms with Gasteiger partial charge in [-0.05, 0) is 36.4 Å². The zero-order valence-corrected chi connectivity index (χ0v) is 16.3. The van der Waals surface area contributed by atoms with Gasteiger partial charge in [0.25, 0.3) is 5.91 Å². The monoisotopic (exact) mass is 399 g/mol. The van der Waals surface area contributed by atoms with Crippen molar-refractivity contribution in [3.63, 3.8) is 0 Å². The Kier molecular flexibility index (Phi) is 4.13. The fourth-order valence-corrected chi connectivity index (χ4v) is 3.21. The van der Waals surface area contributed by atoms with Crippen LogP contribution in [-0.4, -0.2) is 42.4 Å². The Morgan fingerprint density at radius 3 is 2.50 bits per heavy atom. The van der Waals surface area contributed by atoms with Gasteiger partial charge in [-0.2, -0.15) is 14.6 Å². The van der Waals surface area contributed by atoms with E-state index in [4.69, 9.17) is 4.74 Å². The quantitative estimate of drug-likeness (QED) is 0.499. The van der Waals surface area contributed by atoms with Gasteiger partial charge < -0.3 is 4.74 Å². The van der Waals surface area contributed by atoms with Crippen LogP contribution in [0.3, 0.4) is 0 Å². The third-order valence-corrected chi connectivity index (χ3v) is 4.68. The maximum Gasteiger partial charge on any atom is 0.258 e. The maximum absolute atomic E-state index is 12.7. The van der Waals surface area contributed by atoms with Crippen molar-refractivity contribution in [2.24, 2.45) is 7.05 Å². The normalized spacial score (nSPS) is 11.1. The lowest BCUT2D eigenvalue weighted by atomic mass is 10.2. The van der Waals surface area contributed by atoms with Gasteiger partial charge in [-0.15, -0.1) is 5.10 Å². The average Bonchev–Trinajstić information content (AvgIpc) is 3.38. The minimum atomic E-state index is -0.291. The summed E-state index contributed by atoms with van der Waals surface area (Å²) in [5, 5.41) is 12.5. The molecule has 0 bridgehead atoms. The summed E-state index contributed by atoms with van der Waals surface area (Å²) in [7, 11) is 3.42. The molecule has 0 atom stereocenters. The second kappa shape index (κ2) is 6.96. The standard InChI is InChI=1S/C21H17N7O2/c1-27-12-16-18(25-27)23-21(24-20(29)14-6-4-3-5-7-14)28-19(16)22-17(26-28)13-8-10-15(30-2)11-9-13/h3-12H,1-2H3,(H,23,24,25,29). The van der Waals surface area contributed by atoms with Crippen LogP contribution < -0.4 is 10.1 Å². The van der Waals surface area contributed by atoms with Crippen molar-refractivity contribution in [1.29, 1.82) is 0 Å². The molecule has 0 radical (unpaired) electrons. The number of carbonyl (C=O) groups excluding carboxylic acids is 1. The average molecular weight is 399 g/mol. The minimum Gasteiger partial charge on any atom is -0.497 e. The molecule has 5 aromatic rings. The molecule has 9 nitrogen and oxygen atoms in total. The van der Waals surface area contributed by atoms with E-state index >= 15 is 0 Å². The number of nitrogens with one attached hydrogen (secondary N) is 1. The molecule has 1 amide bonds. The van der Waals surface area contributed by atoms with Crippen LogP contribution in [0.25, 0.3) is 28.1 Å². The molecule has 3 aromatic heterocycles. The number of nitrogens with zero attached hydrogens (tertiary/aromatic N) is 6. The van der Waals surface area contributed by atoms with Crippen molar-refractivity contribution < 1.29 is 9.53 Å². The third kappa shape index (κ3) is 3.02. The minimum absolute atomic E-state index is 0.248. The number of anilines is 1. The summed E-state index contributed by atoms with van der Waals surface area (Å²) in [5.74, 6) is 1.21. The Bertz CT molecular complexity index is 1370. The first-order valence-corrected chi connectivity index (χ1v) is 9.23. The lowest BCUT2D eigenvalue weighted by molar-refractivity contribution is 0.102. The maximum atomic E-state index is 12.7. The van der Waals surface area contributed by atoms with E-state index in [-0.39, 0.29) is 11.9 Å². The number of methoxy groups -OCH3 is 1. The number of hydrogen-bond acceptors (Lipinski definition) is 6. The van der Waals surface area contributed by atoms with E-state index in [2.05, 4.69) is 25.5 Å². The van der Waals surface area contributed by atoms with E-state index in [0.29, 0.717) is 22.7 Å². The molecule has 0 saturated carbocycles. The van der Waals surface area contributed by atoms with Crippen LogP contribution in [0.15, 0.2) is 60.8 Å². The fourth-order valence-electron chi connectivity index (χ4n) is 3.21. The largest absolute Gasteiger partial charge is 0.497 e. The number of ether oxygens (including phenoxy) is 1. The van der Waals surface area contributed by atoms with Gasteiger partial charge in [0.15, 0.2) is 17.1 Å². The first-order chi connectivity index (χ1) is 14.6. The SMILES string of the molecule is COc1ccc(-c2nc3c4cn(C)nc4nc(NC(=O)c4ccccc4)n3n2)cc1. The second-order valence-corrected chi connectivity index (χ2v) is 6.69. The molecule has 0 fully saturated rings. The highest BCUT2D eigenvalue weighted by Crippen LogP contribution is 2.25. The number of benzene rings is 2. The lowest BCUT2D eigenvalue weighted by Crippen LogP contribution is -2.16. The van der Waals surface area contributed by atoms with Gasteiger partial charge in [-0.25, -0.2) is 4.98 Å². The summed E-state index contributed by atoms with van der Waals surface area (Å²) in [6, 6.07) is 16.4. The Balaban J connectivity index is 1.65. The van der Waals surface area contributed by atoms with Crippen molar-refractivity contribution >= 4 is 28.5 Å². The van der Waals surface area contributed by atoms with E-state index in [0.717, 1.165) is 16.7 Å². The molecule has 5 rings (SSSR count). The third-order valence-electron chi connectivity index (χ3n) is 4.68. The van der Waals surface area contributed by atoms with Crippen LogP contribution in [0.4, 0.5) is 5.95 Å². The van der Waals surface area contributed by atoms with Crippen molar-refractivity contribution in [1.82, 2.24) is 29.4 Å². The van der Waals surface area contributed by atoms with Crippen LogP contribution in [0.2, 0.25) is 0 Å². The number of rotatable bonds is 4. The molecule has 0 aliphatic rings. The molecular weight excluding hydrogens is 382 g/mol. The van der Waals surface area contributed by atoms with Gasteiger partial charge in [0.1, 0.15) is 5.75 Å². The highest BCUT2D eigenvalue weighted by molar-refractivity contribution is 6.04. The van der Waals surface area contributed by atoms with E-state index in [1.54, 1.807) is 43.1 Å². The Hall–Kier alpha value is -4.27. The molecule has 30 heavy (non-hydrogen) atoms. The number of carbonyl (C=O) groups is 1. The summed E-state index contributed by atoms with van der Waals surface area (Å²) in [4.78, 5) is 21.9. The molecule has 2 aromatic carbocycles. The number of aryl methyl sites for hydroxylation is 1. The summed E-state index contributed by atoms with van der Waals surface area (Å²) in [6.45, 7) is 0. The van der Waals surface area contributed by atoms with Gasteiger partial charge in [0, 0.05) is 24.4 Å². The number of hydrogen-bond donors (Lipinski definition) is 1. The van der Waals surface area contributed by atoms with Gasteiger partial charge >= 0.3 is 0 Å². The van der Waals surface area contributed by atoms with Crippen LogP contribution in [0.5, 0.6) is 5.75 Å². The summed E-state index contributed by atoms with van der Waals surface area (Å²) in [6.07, 6.45) is 1.83. The predicted molar refractivity (Wildman–Crippen MR) is 111 cm³/mol. The predicted octanol–water partition coefficient (Wildman–Crippen LogP) is 2.94. The first-order valence-electron chi connectivity index (χ1n) is 9.23. The zero-order valence-electron chi connectivity index (χ0n) is 16.3. The zero-order chi connectivity index (χ0) is 20.7. The highest BCUT2D eigenvalue weighted by atomic mass is 16.5. The van der Waals surface area contributed by atoms with Crippen LogP contribution in [0.1, 0.15) is 10.4 Å². The summed E-state index contributed by atoms with van der Waals surface area (Å²) >= 11 is 0. The highest BCUT2D eigenvalue weighted by Gasteiger charge is 2.18. The van der Waals surface area contributed by atoms with E-state index in [1.807, 2.05) is 36.5 Å². The van der Waals surface area contributed by atoms with Crippen molar-refractivity contribution in [2.45, 2.75) is 0 Å². The molecule has 148 valence electrons. The number of aromatic nitrogens is 6. The molecule has 0 spiro atoms. The van der Waals surface area contributed by atoms with E-state index in [1.165, 1.54) is 4.52 Å². The second-order valence-electron chi connectivity index (χ2n) is 6.69. The van der Waals surface area contributed by atoms with E-state index in [9.17, 15) is 4.79 Å². The van der Waals surface area contributed by atoms with E-state index < -0.39 is 0 Å². The molecule has 1 N–H and O–H groups in total. The van der Waals surface area contributed by atoms with Crippen LogP contribution in [0, 0.1) is 0 Å². The summed E-state index contributed by atoms with van der Waals surface area (Å²) in [5.41, 5.74) is 2.37. The molecule has 0 aliphatic carbocycles. The van der Waals surface area contributed by atoms with Gasteiger partial charge in [-0.1, -0.05) is 18.2 Å². The molecule has 9 heteroatoms. The fraction of sp³-hybridized carbons (Fsp3) is 0.0952. The Morgan fingerprint density at radius 2 is 1.77 bits per heavy atom. The molecular formula is C21H17N7O2. The molecule has 3 heterocycles. The Morgan fingerprint density at radius 1 is 1.00 bits per heavy atom. The number of fused-ring (bicyclic) bond motifs is 3. The Labute approximate surface area is 170 Å². The number of amides is 1. The lowest BCUT2D eigenvalue weighted by Gasteiger charge is -2.06.